The fourth-order valence-electron chi connectivity index (χ4n) is 6.78. The average molecular weight is 566 g/mol. The summed E-state index contributed by atoms with van der Waals surface area (Å²) >= 11 is 1.54. The van der Waals surface area contributed by atoms with Gasteiger partial charge < -0.3 is 14.8 Å². The van der Waals surface area contributed by atoms with Gasteiger partial charge in [-0.2, -0.15) is 0 Å². The summed E-state index contributed by atoms with van der Waals surface area (Å²) < 4.78 is 20.1. The molecule has 1 aliphatic carbocycles. The maximum Gasteiger partial charge on any atom is 0.455 e. The van der Waals surface area contributed by atoms with Crippen molar-refractivity contribution in [1.29, 1.82) is 0 Å². The molecule has 0 unspecified atom stereocenters. The number of hydrogen-bond donors (Lipinski definition) is 2. The van der Waals surface area contributed by atoms with E-state index in [0.717, 1.165) is 28.9 Å². The molecule has 40 heavy (non-hydrogen) atoms. The lowest BCUT2D eigenvalue weighted by Gasteiger charge is -2.44. The van der Waals surface area contributed by atoms with Crippen LogP contribution in [0.2, 0.25) is 6.32 Å². The van der Waals surface area contributed by atoms with E-state index in [-0.39, 0.29) is 35.5 Å². The first-order valence-electron chi connectivity index (χ1n) is 14.3. The summed E-state index contributed by atoms with van der Waals surface area (Å²) in [5, 5.41) is 22.3. The van der Waals surface area contributed by atoms with Gasteiger partial charge in [-0.1, -0.05) is 56.5 Å². The van der Waals surface area contributed by atoms with Gasteiger partial charge in [-0.3, -0.25) is 14.5 Å². The van der Waals surface area contributed by atoms with E-state index in [1.165, 1.54) is 33.9 Å². The third-order valence-electron chi connectivity index (χ3n) is 8.57. The van der Waals surface area contributed by atoms with E-state index >= 15 is 0 Å². The van der Waals surface area contributed by atoms with Gasteiger partial charge in [0.15, 0.2) is 11.6 Å². The maximum absolute atomic E-state index is 14.0. The topological polar surface area (TPSA) is 87.1 Å². The Morgan fingerprint density at radius 3 is 2.70 bits per heavy atom. The third-order valence-corrected chi connectivity index (χ3v) is 9.43. The minimum atomic E-state index is -1.01. The minimum absolute atomic E-state index is 0.104. The lowest BCUT2D eigenvalue weighted by molar-refractivity contribution is -0.140. The number of phenolic OH excluding ortho intramolecular Hbond substituents is 1. The number of fused-ring (bicyclic) bond motifs is 3. The smallest absolute Gasteiger partial charge is 0.455 e. The SMILES string of the molecule is CCC/C(=C\c1ccc(O)c(F)c1)CC[C@H]1OB(O)C[C@H]2C1=C(C(C)C)C[C@H]1C(=O)N(Cc3cccs3)C(=O)[C@H]12. The molecule has 0 saturated carbocycles. The van der Waals surface area contributed by atoms with Gasteiger partial charge in [-0.25, -0.2) is 4.39 Å². The normalized spacial score (nSPS) is 25.2. The van der Waals surface area contributed by atoms with E-state index in [1.54, 1.807) is 6.07 Å². The molecule has 212 valence electrons. The Hall–Kier alpha value is -2.75. The van der Waals surface area contributed by atoms with E-state index in [0.29, 0.717) is 37.7 Å². The lowest BCUT2D eigenvalue weighted by Crippen LogP contribution is -2.46. The van der Waals surface area contributed by atoms with Crippen LogP contribution in [0.25, 0.3) is 6.08 Å². The number of imide groups is 1. The molecule has 2 aromatic rings. The zero-order valence-electron chi connectivity index (χ0n) is 23.3. The number of benzene rings is 1. The first-order chi connectivity index (χ1) is 19.2. The van der Waals surface area contributed by atoms with Gasteiger partial charge >= 0.3 is 7.12 Å². The van der Waals surface area contributed by atoms with Crippen molar-refractivity contribution >= 4 is 36.3 Å². The van der Waals surface area contributed by atoms with Crippen LogP contribution in [0.15, 0.2) is 52.4 Å². The van der Waals surface area contributed by atoms with Crippen LogP contribution in [0.1, 0.15) is 63.3 Å². The van der Waals surface area contributed by atoms with Gasteiger partial charge in [0.25, 0.3) is 0 Å². The largest absolute Gasteiger partial charge is 0.505 e. The number of amides is 2. The van der Waals surface area contributed by atoms with Gasteiger partial charge in [-0.15, -0.1) is 11.3 Å². The summed E-state index contributed by atoms with van der Waals surface area (Å²) in [6, 6.07) is 8.24. The Morgan fingerprint density at radius 1 is 1.23 bits per heavy atom. The molecule has 0 spiro atoms. The molecule has 3 aliphatic rings. The highest BCUT2D eigenvalue weighted by Crippen LogP contribution is 2.52. The number of phenols is 1. The molecule has 2 N–H and O–H groups in total. The van der Waals surface area contributed by atoms with Crippen LogP contribution in [0.5, 0.6) is 5.75 Å². The van der Waals surface area contributed by atoms with Crippen LogP contribution < -0.4 is 0 Å². The number of rotatable bonds is 9. The van der Waals surface area contributed by atoms with Crippen molar-refractivity contribution in [1.82, 2.24) is 4.90 Å². The molecule has 2 aliphatic heterocycles. The van der Waals surface area contributed by atoms with E-state index in [4.69, 9.17) is 4.65 Å². The number of hydrogen-bond acceptors (Lipinski definition) is 6. The summed E-state index contributed by atoms with van der Waals surface area (Å²) in [7, 11) is -1.01. The molecular weight excluding hydrogens is 528 g/mol. The molecule has 9 heteroatoms. The molecule has 6 nitrogen and oxygen atoms in total. The van der Waals surface area contributed by atoms with Crippen molar-refractivity contribution in [2.45, 2.75) is 71.8 Å². The second-order valence-corrected chi connectivity index (χ2v) is 12.6. The van der Waals surface area contributed by atoms with Crippen LogP contribution in [0, 0.1) is 29.5 Å². The quantitative estimate of drug-likeness (QED) is 0.215. The lowest BCUT2D eigenvalue weighted by atomic mass is 9.57. The van der Waals surface area contributed by atoms with Crippen LogP contribution in [-0.4, -0.2) is 40.1 Å². The van der Waals surface area contributed by atoms with Crippen LogP contribution in [0.3, 0.4) is 0 Å². The molecule has 3 heterocycles. The second kappa shape index (κ2) is 12.0. The van der Waals surface area contributed by atoms with E-state index < -0.39 is 24.8 Å². The van der Waals surface area contributed by atoms with Crippen molar-refractivity contribution in [3.8, 4) is 5.75 Å². The summed E-state index contributed by atoms with van der Waals surface area (Å²) in [6.45, 7) is 6.63. The first kappa shape index (κ1) is 28.8. The number of nitrogens with zero attached hydrogens (tertiary/aromatic N) is 1. The zero-order valence-corrected chi connectivity index (χ0v) is 24.1. The van der Waals surface area contributed by atoms with Crippen molar-refractivity contribution < 1.29 is 28.8 Å². The number of aromatic hydroxyl groups is 1. The van der Waals surface area contributed by atoms with Gasteiger partial charge in [-0.05, 0) is 78.6 Å². The fraction of sp³-hybridized carbons (Fsp3) is 0.484. The van der Waals surface area contributed by atoms with Gasteiger partial charge in [0.1, 0.15) is 0 Å². The van der Waals surface area contributed by atoms with E-state index in [2.05, 4.69) is 20.8 Å². The summed E-state index contributed by atoms with van der Waals surface area (Å²) in [4.78, 5) is 29.7. The van der Waals surface area contributed by atoms with Crippen molar-refractivity contribution in [3.63, 3.8) is 0 Å². The summed E-state index contributed by atoms with van der Waals surface area (Å²) in [5.41, 5.74) is 4.07. The molecule has 4 atom stereocenters. The number of carbonyl (C=O) groups is 2. The van der Waals surface area contributed by atoms with Gasteiger partial charge in [0, 0.05) is 4.88 Å². The van der Waals surface area contributed by atoms with Gasteiger partial charge in [0.05, 0.1) is 24.5 Å². The molecular formula is C31H37BFNO5S. The molecule has 0 bridgehead atoms. The highest BCUT2D eigenvalue weighted by molar-refractivity contribution is 7.09. The molecule has 1 aromatic carbocycles. The van der Waals surface area contributed by atoms with Crippen LogP contribution in [0.4, 0.5) is 4.39 Å². The molecule has 1 aromatic heterocycles. The van der Waals surface area contributed by atoms with E-state index in [1.807, 2.05) is 23.6 Å². The highest BCUT2D eigenvalue weighted by Gasteiger charge is 2.57. The number of carbonyl (C=O) groups excluding carboxylic acids is 2. The molecule has 5 rings (SSSR count). The molecule has 2 fully saturated rings. The maximum atomic E-state index is 14.0. The Bertz CT molecular complexity index is 1320. The van der Waals surface area contributed by atoms with Gasteiger partial charge in [0.2, 0.25) is 11.8 Å². The van der Waals surface area contributed by atoms with E-state index in [9.17, 15) is 24.1 Å². The van der Waals surface area contributed by atoms with Crippen LogP contribution >= 0.6 is 11.3 Å². The predicted molar refractivity (Wildman–Crippen MR) is 155 cm³/mol. The monoisotopic (exact) mass is 565 g/mol. The molecule has 2 amide bonds. The predicted octanol–water partition coefficient (Wildman–Crippen LogP) is 6.21. The first-order valence-corrected chi connectivity index (χ1v) is 15.2. The summed E-state index contributed by atoms with van der Waals surface area (Å²) in [5.74, 6) is -2.20. The van der Waals surface area contributed by atoms with Crippen molar-refractivity contribution in [3.05, 3.63) is 68.7 Å². The highest BCUT2D eigenvalue weighted by atomic mass is 32.1. The number of allylic oxidation sites excluding steroid dienone is 2. The third kappa shape index (κ3) is 5.69. The number of likely N-dealkylation sites (tertiary alicyclic amines) is 1. The standard InChI is InChI=1S/C31H37BFNO5S/c1-4-6-19(13-20-8-10-26(35)25(33)14-20)9-11-27-28-22(18(2)3)15-23-29(24(28)16-32(38)39-27)31(37)34(30(23)36)17-21-7-5-12-40-21/h5,7-8,10,12-14,18,23-24,27,29,35,38H,4,6,9,11,15-17H2,1-3H3/b19-13+/t23-,24+,27-,29-/m1/s1. The summed E-state index contributed by atoms with van der Waals surface area (Å²) in [6.07, 6.45) is 5.48. The fourth-order valence-corrected chi connectivity index (χ4v) is 7.48. The number of halogens is 1. The number of thiophene rings is 1. The Morgan fingerprint density at radius 2 is 2.02 bits per heavy atom. The zero-order chi connectivity index (χ0) is 28.6. The molecule has 0 radical (unpaired) electrons. The Kier molecular flexibility index (Phi) is 8.64. The Labute approximate surface area is 239 Å². The minimum Gasteiger partial charge on any atom is -0.505 e. The van der Waals surface area contributed by atoms with Crippen LogP contribution in [-0.2, 0) is 20.8 Å². The second-order valence-electron chi connectivity index (χ2n) is 11.5. The Balaban J connectivity index is 1.42. The van der Waals surface area contributed by atoms with Crippen molar-refractivity contribution in [2.75, 3.05) is 0 Å². The average Bonchev–Trinajstić information content (AvgIpc) is 3.51. The molecule has 2 saturated heterocycles. The van der Waals surface area contributed by atoms with Crippen molar-refractivity contribution in [2.24, 2.45) is 23.7 Å².